The molecule has 4 heteroatoms. The molecule has 0 spiro atoms. The second kappa shape index (κ2) is 8.12. The third kappa shape index (κ3) is 2.88. The number of hydrogen-bond donors (Lipinski definition) is 0. The van der Waals surface area contributed by atoms with Crippen LogP contribution in [0.3, 0.4) is 0 Å². The van der Waals surface area contributed by atoms with Crippen LogP contribution in [0.2, 0.25) is 0 Å². The first-order valence-electron chi connectivity index (χ1n) is 15.5. The fraction of sp³-hybridized carbons (Fsp3) is 0.100. The highest BCUT2D eigenvalue weighted by Crippen LogP contribution is 2.48. The zero-order chi connectivity index (χ0) is 28.5. The van der Waals surface area contributed by atoms with Crippen molar-refractivity contribution in [3.63, 3.8) is 0 Å². The van der Waals surface area contributed by atoms with Crippen molar-refractivity contribution >= 4 is 65.4 Å². The van der Waals surface area contributed by atoms with E-state index in [4.69, 9.17) is 14.4 Å². The maximum atomic E-state index is 6.80. The molecule has 0 bridgehead atoms. The lowest BCUT2D eigenvalue weighted by Crippen LogP contribution is -2.09. The van der Waals surface area contributed by atoms with Crippen molar-refractivity contribution in [3.8, 4) is 17.2 Å². The first kappa shape index (κ1) is 23.0. The van der Waals surface area contributed by atoms with Gasteiger partial charge in [-0.25, -0.2) is 9.97 Å². The molecule has 0 aliphatic heterocycles. The maximum absolute atomic E-state index is 6.80. The van der Waals surface area contributed by atoms with E-state index in [0.29, 0.717) is 5.95 Å². The van der Waals surface area contributed by atoms with Gasteiger partial charge in [-0.2, -0.15) is 0 Å². The van der Waals surface area contributed by atoms with Crippen molar-refractivity contribution in [2.75, 3.05) is 0 Å². The molecule has 0 radical (unpaired) electrons. The van der Waals surface area contributed by atoms with Gasteiger partial charge in [0.05, 0.1) is 27.6 Å². The van der Waals surface area contributed by atoms with Crippen molar-refractivity contribution in [3.05, 3.63) is 125 Å². The summed E-state index contributed by atoms with van der Waals surface area (Å²) in [5, 5.41) is 8.25. The fourth-order valence-corrected chi connectivity index (χ4v) is 7.79. The first-order chi connectivity index (χ1) is 21.8. The fourth-order valence-electron chi connectivity index (χ4n) is 7.79. The normalized spacial score (nSPS) is 14.0. The molecule has 9 aromatic rings. The van der Waals surface area contributed by atoms with Gasteiger partial charge in [0.15, 0.2) is 0 Å². The Morgan fingerprint density at radius 3 is 2.00 bits per heavy atom. The number of fused-ring (bicyclic) bond motifs is 13. The van der Waals surface area contributed by atoms with Crippen molar-refractivity contribution in [1.82, 2.24) is 14.5 Å². The van der Waals surface area contributed by atoms with Gasteiger partial charge in [0.2, 0.25) is 5.95 Å². The summed E-state index contributed by atoms with van der Waals surface area (Å²) in [6.45, 7) is 0. The van der Waals surface area contributed by atoms with Crippen molar-refractivity contribution in [2.24, 2.45) is 0 Å². The lowest BCUT2D eigenvalue weighted by Gasteiger charge is -2.19. The van der Waals surface area contributed by atoms with Crippen LogP contribution in [0.25, 0.3) is 82.6 Å². The Labute approximate surface area is 252 Å². The summed E-state index contributed by atoms with van der Waals surface area (Å²) in [5.41, 5.74) is 12.9. The summed E-state index contributed by atoms with van der Waals surface area (Å²) in [5.74, 6) is 0.691. The summed E-state index contributed by atoms with van der Waals surface area (Å²) in [7, 11) is 0. The molecule has 0 saturated carbocycles. The number of hydrogen-bond acceptors (Lipinski definition) is 3. The second-order valence-corrected chi connectivity index (χ2v) is 12.4. The Morgan fingerprint density at radius 2 is 1.20 bits per heavy atom. The third-order valence-corrected chi connectivity index (χ3v) is 10.1. The van der Waals surface area contributed by atoms with E-state index >= 15 is 0 Å². The number of furan rings is 1. The molecule has 11 rings (SSSR count). The minimum Gasteiger partial charge on any atom is -0.455 e. The van der Waals surface area contributed by atoms with E-state index in [2.05, 4.69) is 108 Å². The van der Waals surface area contributed by atoms with Crippen molar-refractivity contribution < 1.29 is 4.42 Å². The first-order valence-corrected chi connectivity index (χ1v) is 15.5. The van der Waals surface area contributed by atoms with E-state index < -0.39 is 0 Å². The standard InChI is InChI=1S/C40H25N3O/c1-2-8-22(9-3-1)37-29-12-6-7-13-32(29)41-40(42-37)43-33-20-25-16-14-23(25)18-30(33)35-27-10-4-5-11-28(27)39-36(38(35)43)31-19-24-15-17-26(24)21-34(31)44-39/h1-13,18-21H,14-17H2. The zero-order valence-corrected chi connectivity index (χ0v) is 23.9. The molecular weight excluding hydrogens is 538 g/mol. The zero-order valence-electron chi connectivity index (χ0n) is 23.9. The Kier molecular flexibility index (Phi) is 4.25. The monoisotopic (exact) mass is 563 g/mol. The minimum absolute atomic E-state index is 0.691. The average molecular weight is 564 g/mol. The molecule has 4 nitrogen and oxygen atoms in total. The van der Waals surface area contributed by atoms with Gasteiger partial charge < -0.3 is 4.42 Å². The highest BCUT2D eigenvalue weighted by Gasteiger charge is 2.28. The molecule has 3 aromatic heterocycles. The van der Waals surface area contributed by atoms with E-state index in [1.807, 2.05) is 0 Å². The molecule has 206 valence electrons. The van der Waals surface area contributed by atoms with E-state index in [0.717, 1.165) is 80.8 Å². The number of aryl methyl sites for hydroxylation is 4. The van der Waals surface area contributed by atoms with Gasteiger partial charge in [-0.15, -0.1) is 0 Å². The summed E-state index contributed by atoms with van der Waals surface area (Å²) in [6.07, 6.45) is 4.48. The Morgan fingerprint density at radius 1 is 0.545 bits per heavy atom. The molecule has 0 fully saturated rings. The topological polar surface area (TPSA) is 43.9 Å². The van der Waals surface area contributed by atoms with Gasteiger partial charge in [0, 0.05) is 32.5 Å². The van der Waals surface area contributed by atoms with Gasteiger partial charge in [0.25, 0.3) is 0 Å². The molecule has 0 unspecified atom stereocenters. The number of rotatable bonds is 2. The highest BCUT2D eigenvalue weighted by atomic mass is 16.3. The van der Waals surface area contributed by atoms with Crippen LogP contribution in [-0.2, 0) is 25.7 Å². The molecule has 6 aromatic carbocycles. The molecule has 0 N–H and O–H groups in total. The highest BCUT2D eigenvalue weighted by molar-refractivity contribution is 6.35. The summed E-state index contributed by atoms with van der Waals surface area (Å²) in [6, 6.07) is 37.1. The Bertz CT molecular complexity index is 2710. The number of para-hydroxylation sites is 1. The second-order valence-electron chi connectivity index (χ2n) is 12.4. The van der Waals surface area contributed by atoms with E-state index in [1.54, 1.807) is 0 Å². The SMILES string of the molecule is c1ccc(-c2nc(-n3c4cc5c(cc4c4c6ccccc6c6oc7cc8c(cc7c6c43)CC8)CC5)nc3ccccc23)cc1. The quantitative estimate of drug-likeness (QED) is 0.210. The van der Waals surface area contributed by atoms with Crippen molar-refractivity contribution in [1.29, 1.82) is 0 Å². The van der Waals surface area contributed by atoms with Gasteiger partial charge in [-0.1, -0.05) is 72.8 Å². The Hall–Kier alpha value is -5.48. The maximum Gasteiger partial charge on any atom is 0.235 e. The molecule has 0 atom stereocenters. The smallest absolute Gasteiger partial charge is 0.235 e. The van der Waals surface area contributed by atoms with Gasteiger partial charge >= 0.3 is 0 Å². The average Bonchev–Trinajstić information content (AvgIpc) is 3.58. The lowest BCUT2D eigenvalue weighted by molar-refractivity contribution is 0.670. The van der Waals surface area contributed by atoms with E-state index in [-0.39, 0.29) is 0 Å². The van der Waals surface area contributed by atoms with Crippen LogP contribution in [0.1, 0.15) is 22.3 Å². The minimum atomic E-state index is 0.691. The largest absolute Gasteiger partial charge is 0.455 e. The van der Waals surface area contributed by atoms with Gasteiger partial charge in [-0.3, -0.25) is 4.57 Å². The predicted octanol–water partition coefficient (Wildman–Crippen LogP) is 9.64. The molecular formula is C40H25N3O. The van der Waals surface area contributed by atoms with Crippen LogP contribution < -0.4 is 0 Å². The third-order valence-electron chi connectivity index (χ3n) is 10.1. The van der Waals surface area contributed by atoms with Gasteiger partial charge in [0.1, 0.15) is 11.2 Å². The van der Waals surface area contributed by atoms with Crippen LogP contribution in [0, 0.1) is 0 Å². The van der Waals surface area contributed by atoms with Crippen LogP contribution in [0.4, 0.5) is 0 Å². The van der Waals surface area contributed by atoms with Crippen LogP contribution in [0.15, 0.2) is 108 Å². The van der Waals surface area contributed by atoms with Gasteiger partial charge in [-0.05, 0) is 83.7 Å². The summed E-state index contributed by atoms with van der Waals surface area (Å²) >= 11 is 0. The lowest BCUT2D eigenvalue weighted by atomic mass is 9.86. The van der Waals surface area contributed by atoms with E-state index in [1.165, 1.54) is 43.8 Å². The molecule has 2 aliphatic carbocycles. The number of benzene rings is 6. The summed E-state index contributed by atoms with van der Waals surface area (Å²) < 4.78 is 9.14. The molecule has 3 heterocycles. The Balaban J connectivity index is 1.40. The molecule has 0 amide bonds. The van der Waals surface area contributed by atoms with Crippen LogP contribution in [-0.4, -0.2) is 14.5 Å². The van der Waals surface area contributed by atoms with E-state index in [9.17, 15) is 0 Å². The summed E-state index contributed by atoms with van der Waals surface area (Å²) in [4.78, 5) is 10.7. The predicted molar refractivity (Wildman–Crippen MR) is 179 cm³/mol. The van der Waals surface area contributed by atoms with Crippen molar-refractivity contribution in [2.45, 2.75) is 25.7 Å². The molecule has 2 aliphatic rings. The van der Waals surface area contributed by atoms with Crippen LogP contribution in [0.5, 0.6) is 0 Å². The number of nitrogens with zero attached hydrogens (tertiary/aromatic N) is 3. The molecule has 0 saturated heterocycles. The number of aromatic nitrogens is 3. The molecule has 44 heavy (non-hydrogen) atoms. The van der Waals surface area contributed by atoms with Crippen LogP contribution >= 0.6 is 0 Å².